The van der Waals surface area contributed by atoms with E-state index in [1.807, 2.05) is 11.8 Å². The van der Waals surface area contributed by atoms with Crippen LogP contribution >= 0.6 is 0 Å². The first-order valence-electron chi connectivity index (χ1n) is 6.24. The molecule has 1 atom stereocenters. The van der Waals surface area contributed by atoms with Gasteiger partial charge in [-0.25, -0.2) is 9.97 Å². The van der Waals surface area contributed by atoms with Gasteiger partial charge in [0.2, 0.25) is 5.95 Å². The van der Waals surface area contributed by atoms with E-state index in [-0.39, 0.29) is 12.0 Å². The number of amides is 1. The molecule has 0 bridgehead atoms. The summed E-state index contributed by atoms with van der Waals surface area (Å²) in [4.78, 5) is 21.8. The molecule has 2 heterocycles. The van der Waals surface area contributed by atoms with Crippen molar-refractivity contribution >= 4 is 11.9 Å². The number of aliphatic hydroxyl groups is 1. The Morgan fingerprint density at radius 3 is 2.89 bits per heavy atom. The minimum absolute atomic E-state index is 0.164. The van der Waals surface area contributed by atoms with Gasteiger partial charge in [0.15, 0.2) is 0 Å². The second kappa shape index (κ2) is 5.77. The molecule has 1 amide bonds. The Labute approximate surface area is 106 Å². The lowest BCUT2D eigenvalue weighted by atomic mass is 10.1. The van der Waals surface area contributed by atoms with Gasteiger partial charge in [-0.3, -0.25) is 4.79 Å². The standard InChI is InChI=1S/C12H18N4O2/c1-2-13-11(18)9-6-14-12(15-7-9)16-5-3-4-10(17)8-16/h6-7,10,17H,2-5,8H2,1H3,(H,13,18)/t10-/m0/s1. The third kappa shape index (κ3) is 2.95. The first-order chi connectivity index (χ1) is 8.70. The van der Waals surface area contributed by atoms with Crippen LogP contribution in [-0.2, 0) is 0 Å². The van der Waals surface area contributed by atoms with Gasteiger partial charge < -0.3 is 15.3 Å². The Morgan fingerprint density at radius 1 is 1.56 bits per heavy atom. The molecule has 18 heavy (non-hydrogen) atoms. The van der Waals surface area contributed by atoms with Crippen molar-refractivity contribution in [2.45, 2.75) is 25.9 Å². The third-order valence-corrected chi connectivity index (χ3v) is 2.92. The van der Waals surface area contributed by atoms with Crippen LogP contribution in [0, 0.1) is 0 Å². The fraction of sp³-hybridized carbons (Fsp3) is 0.583. The molecule has 1 aliphatic heterocycles. The Kier molecular flexibility index (Phi) is 4.09. The van der Waals surface area contributed by atoms with Crippen molar-refractivity contribution in [1.82, 2.24) is 15.3 Å². The minimum Gasteiger partial charge on any atom is -0.391 e. The summed E-state index contributed by atoms with van der Waals surface area (Å²) in [7, 11) is 0. The summed E-state index contributed by atoms with van der Waals surface area (Å²) >= 11 is 0. The highest BCUT2D eigenvalue weighted by molar-refractivity contribution is 5.93. The van der Waals surface area contributed by atoms with Gasteiger partial charge in [-0.1, -0.05) is 0 Å². The summed E-state index contributed by atoms with van der Waals surface area (Å²) in [6.45, 7) is 3.85. The molecule has 1 aliphatic rings. The Balaban J connectivity index is 2.05. The molecule has 1 fully saturated rings. The number of carbonyl (C=O) groups is 1. The van der Waals surface area contributed by atoms with Crippen molar-refractivity contribution in [1.29, 1.82) is 0 Å². The maximum atomic E-state index is 11.5. The molecule has 6 nitrogen and oxygen atoms in total. The molecule has 0 aromatic carbocycles. The van der Waals surface area contributed by atoms with Gasteiger partial charge in [0.05, 0.1) is 11.7 Å². The van der Waals surface area contributed by atoms with Gasteiger partial charge in [-0.05, 0) is 19.8 Å². The molecule has 2 N–H and O–H groups in total. The molecule has 1 aromatic rings. The largest absolute Gasteiger partial charge is 0.391 e. The van der Waals surface area contributed by atoms with Gasteiger partial charge >= 0.3 is 0 Å². The molecule has 2 rings (SSSR count). The lowest BCUT2D eigenvalue weighted by Crippen LogP contribution is -2.39. The SMILES string of the molecule is CCNC(=O)c1cnc(N2CCC[C@H](O)C2)nc1. The van der Waals surface area contributed by atoms with Crippen LogP contribution in [0.1, 0.15) is 30.1 Å². The molecule has 0 radical (unpaired) electrons. The third-order valence-electron chi connectivity index (χ3n) is 2.92. The highest BCUT2D eigenvalue weighted by Gasteiger charge is 2.19. The molecular formula is C12H18N4O2. The Morgan fingerprint density at radius 2 is 2.28 bits per heavy atom. The Bertz CT molecular complexity index is 407. The number of piperidine rings is 1. The Hall–Kier alpha value is -1.69. The highest BCUT2D eigenvalue weighted by atomic mass is 16.3. The van der Waals surface area contributed by atoms with Crippen molar-refractivity contribution in [2.24, 2.45) is 0 Å². The summed E-state index contributed by atoms with van der Waals surface area (Å²) in [5.41, 5.74) is 0.457. The van der Waals surface area contributed by atoms with E-state index in [2.05, 4.69) is 15.3 Å². The van der Waals surface area contributed by atoms with Crippen LogP contribution in [-0.4, -0.2) is 46.7 Å². The number of hydrogen-bond donors (Lipinski definition) is 2. The maximum absolute atomic E-state index is 11.5. The highest BCUT2D eigenvalue weighted by Crippen LogP contribution is 2.15. The molecule has 0 spiro atoms. The van der Waals surface area contributed by atoms with Gasteiger partial charge in [-0.15, -0.1) is 0 Å². The summed E-state index contributed by atoms with van der Waals surface area (Å²) < 4.78 is 0. The van der Waals surface area contributed by atoms with Crippen molar-refractivity contribution in [3.05, 3.63) is 18.0 Å². The van der Waals surface area contributed by atoms with E-state index in [1.165, 1.54) is 12.4 Å². The number of anilines is 1. The van der Waals surface area contributed by atoms with Crippen molar-refractivity contribution in [3.63, 3.8) is 0 Å². The number of nitrogens with zero attached hydrogens (tertiary/aromatic N) is 3. The molecule has 1 aromatic heterocycles. The minimum atomic E-state index is -0.314. The smallest absolute Gasteiger partial charge is 0.254 e. The number of aliphatic hydroxyl groups excluding tert-OH is 1. The van der Waals surface area contributed by atoms with Crippen LogP contribution in [0.4, 0.5) is 5.95 Å². The zero-order valence-corrected chi connectivity index (χ0v) is 10.5. The first kappa shape index (κ1) is 12.8. The van der Waals surface area contributed by atoms with E-state index >= 15 is 0 Å². The normalized spacial score (nSPS) is 19.7. The van der Waals surface area contributed by atoms with Crippen LogP contribution in [0.5, 0.6) is 0 Å². The molecular weight excluding hydrogens is 232 g/mol. The number of nitrogens with one attached hydrogen (secondary N) is 1. The summed E-state index contributed by atoms with van der Waals surface area (Å²) in [5, 5.41) is 12.3. The number of hydrogen-bond acceptors (Lipinski definition) is 5. The number of carbonyl (C=O) groups excluding carboxylic acids is 1. The number of β-amino-alcohol motifs (C(OH)–C–C–N with tert-alkyl or cyclic N) is 1. The van der Waals surface area contributed by atoms with Crippen LogP contribution in [0.3, 0.4) is 0 Å². The van der Waals surface area contributed by atoms with E-state index < -0.39 is 0 Å². The van der Waals surface area contributed by atoms with Gasteiger partial charge in [0, 0.05) is 32.0 Å². The van der Waals surface area contributed by atoms with E-state index in [9.17, 15) is 9.90 Å². The molecule has 98 valence electrons. The predicted molar refractivity (Wildman–Crippen MR) is 67.5 cm³/mol. The summed E-state index contributed by atoms with van der Waals surface area (Å²) in [6.07, 6.45) is 4.49. The maximum Gasteiger partial charge on any atom is 0.254 e. The lowest BCUT2D eigenvalue weighted by molar-refractivity contribution is 0.0955. The van der Waals surface area contributed by atoms with Crippen LogP contribution in [0.2, 0.25) is 0 Å². The van der Waals surface area contributed by atoms with Crippen molar-refractivity contribution < 1.29 is 9.90 Å². The average molecular weight is 250 g/mol. The molecule has 0 saturated carbocycles. The summed E-state index contributed by atoms with van der Waals surface area (Å²) in [5.74, 6) is 0.407. The van der Waals surface area contributed by atoms with Crippen LogP contribution < -0.4 is 10.2 Å². The molecule has 1 saturated heterocycles. The van der Waals surface area contributed by atoms with Gasteiger partial charge in [-0.2, -0.15) is 0 Å². The molecule has 0 aliphatic carbocycles. The van der Waals surface area contributed by atoms with Crippen molar-refractivity contribution in [3.8, 4) is 0 Å². The quantitative estimate of drug-likeness (QED) is 0.800. The predicted octanol–water partition coefficient (Wildman–Crippen LogP) is 0.187. The zero-order valence-electron chi connectivity index (χ0n) is 10.5. The number of aromatic nitrogens is 2. The zero-order chi connectivity index (χ0) is 13.0. The van der Waals surface area contributed by atoms with Gasteiger partial charge in [0.25, 0.3) is 5.91 Å². The monoisotopic (exact) mass is 250 g/mol. The first-order valence-corrected chi connectivity index (χ1v) is 6.24. The van der Waals surface area contributed by atoms with E-state index in [0.717, 1.165) is 19.4 Å². The second-order valence-corrected chi connectivity index (χ2v) is 4.37. The fourth-order valence-corrected chi connectivity index (χ4v) is 2.00. The lowest BCUT2D eigenvalue weighted by Gasteiger charge is -2.29. The van der Waals surface area contributed by atoms with E-state index in [4.69, 9.17) is 0 Å². The van der Waals surface area contributed by atoms with E-state index in [0.29, 0.717) is 24.6 Å². The molecule has 0 unspecified atom stereocenters. The van der Waals surface area contributed by atoms with Crippen molar-refractivity contribution in [2.75, 3.05) is 24.5 Å². The summed E-state index contributed by atoms with van der Waals surface area (Å²) in [6, 6.07) is 0. The topological polar surface area (TPSA) is 78.4 Å². The van der Waals surface area contributed by atoms with Crippen LogP contribution in [0.15, 0.2) is 12.4 Å². The average Bonchev–Trinajstić information content (AvgIpc) is 2.39. The second-order valence-electron chi connectivity index (χ2n) is 4.37. The fourth-order valence-electron chi connectivity index (χ4n) is 2.00. The van der Waals surface area contributed by atoms with E-state index in [1.54, 1.807) is 0 Å². The van der Waals surface area contributed by atoms with Gasteiger partial charge in [0.1, 0.15) is 0 Å². The molecule has 6 heteroatoms. The van der Waals surface area contributed by atoms with Crippen LogP contribution in [0.25, 0.3) is 0 Å². The number of rotatable bonds is 3.